The van der Waals surface area contributed by atoms with Crippen molar-refractivity contribution in [2.24, 2.45) is 0 Å². The second kappa shape index (κ2) is 10.7. The van der Waals surface area contributed by atoms with E-state index in [0.717, 1.165) is 17.0 Å². The van der Waals surface area contributed by atoms with E-state index in [2.05, 4.69) is 20.8 Å². The van der Waals surface area contributed by atoms with Crippen LogP contribution in [0.5, 0.6) is 17.4 Å². The third-order valence-corrected chi connectivity index (χ3v) is 4.07. The average Bonchev–Trinajstić information content (AvgIpc) is 2.78. The fourth-order valence-corrected chi connectivity index (χ4v) is 2.64. The van der Waals surface area contributed by atoms with Gasteiger partial charge in [-0.25, -0.2) is 4.79 Å². The first-order valence-electron chi connectivity index (χ1n) is 9.56. The highest BCUT2D eigenvalue weighted by Crippen LogP contribution is 2.21. The van der Waals surface area contributed by atoms with Gasteiger partial charge in [0.1, 0.15) is 18.1 Å². The zero-order chi connectivity index (χ0) is 21.2. The molecule has 156 valence electrons. The van der Waals surface area contributed by atoms with Gasteiger partial charge in [0.15, 0.2) is 0 Å². The zero-order valence-corrected chi connectivity index (χ0v) is 16.9. The number of benzene rings is 2. The molecule has 1 aromatic heterocycles. The van der Waals surface area contributed by atoms with Crippen molar-refractivity contribution in [2.45, 2.75) is 6.92 Å². The molecule has 0 radical (unpaired) electrons. The maximum atomic E-state index is 11.9. The number of hydrogen-bond acceptors (Lipinski definition) is 6. The van der Waals surface area contributed by atoms with E-state index in [9.17, 15) is 4.79 Å². The van der Waals surface area contributed by atoms with Gasteiger partial charge >= 0.3 is 6.03 Å². The average molecular weight is 408 g/mol. The van der Waals surface area contributed by atoms with E-state index in [1.807, 2.05) is 37.3 Å². The van der Waals surface area contributed by atoms with E-state index < -0.39 is 0 Å². The smallest absolute Gasteiger partial charge is 0.319 e. The summed E-state index contributed by atoms with van der Waals surface area (Å²) in [6.45, 7) is 3.16. The number of aromatic nitrogens is 2. The summed E-state index contributed by atoms with van der Waals surface area (Å²) >= 11 is 0. The van der Waals surface area contributed by atoms with Gasteiger partial charge in [-0.3, -0.25) is 0 Å². The van der Waals surface area contributed by atoms with Crippen LogP contribution in [0.15, 0.2) is 60.7 Å². The first-order chi connectivity index (χ1) is 14.7. The second-order valence-electron chi connectivity index (χ2n) is 6.18. The van der Waals surface area contributed by atoms with Gasteiger partial charge in [-0.1, -0.05) is 6.07 Å². The second-order valence-corrected chi connectivity index (χ2v) is 6.18. The zero-order valence-electron chi connectivity index (χ0n) is 16.9. The summed E-state index contributed by atoms with van der Waals surface area (Å²) in [5.74, 6) is 1.88. The molecule has 0 fully saturated rings. The number of amides is 2. The molecule has 0 bridgehead atoms. The van der Waals surface area contributed by atoms with Gasteiger partial charge in [0, 0.05) is 23.4 Å². The topological polar surface area (TPSA) is 94.6 Å². The summed E-state index contributed by atoms with van der Waals surface area (Å²) in [5, 5.41) is 13.7. The van der Waals surface area contributed by atoms with Crippen molar-refractivity contribution in [1.29, 1.82) is 0 Å². The molecule has 0 atom stereocenters. The van der Waals surface area contributed by atoms with E-state index in [1.54, 1.807) is 37.4 Å². The first kappa shape index (κ1) is 20.9. The fraction of sp³-hybridized carbons (Fsp3) is 0.227. The summed E-state index contributed by atoms with van der Waals surface area (Å²) in [7, 11) is 1.57. The Morgan fingerprint density at radius 1 is 0.967 bits per heavy atom. The van der Waals surface area contributed by atoms with E-state index in [1.165, 1.54) is 0 Å². The molecule has 3 aromatic rings. The quantitative estimate of drug-likeness (QED) is 0.524. The largest absolute Gasteiger partial charge is 0.497 e. The molecule has 0 unspecified atom stereocenters. The molecule has 2 N–H and O–H groups in total. The highest BCUT2D eigenvalue weighted by molar-refractivity contribution is 5.89. The Hall–Kier alpha value is -3.81. The minimum absolute atomic E-state index is 0.266. The lowest BCUT2D eigenvalue weighted by molar-refractivity contribution is 0.246. The molecule has 2 aromatic carbocycles. The molecule has 1 heterocycles. The molecular weight excluding hydrogens is 384 g/mol. The van der Waals surface area contributed by atoms with Crippen molar-refractivity contribution in [2.75, 3.05) is 32.2 Å². The highest BCUT2D eigenvalue weighted by Gasteiger charge is 2.05. The molecule has 8 heteroatoms. The number of ether oxygens (including phenoxy) is 3. The number of carbonyl (C=O) groups is 1. The monoisotopic (exact) mass is 408 g/mol. The van der Waals surface area contributed by atoms with Gasteiger partial charge in [0.25, 0.3) is 0 Å². The lowest BCUT2D eigenvalue weighted by Crippen LogP contribution is -2.32. The van der Waals surface area contributed by atoms with Gasteiger partial charge in [0.2, 0.25) is 5.88 Å². The minimum atomic E-state index is -0.330. The van der Waals surface area contributed by atoms with Gasteiger partial charge in [-0.05, 0) is 49.4 Å². The molecule has 0 saturated carbocycles. The maximum Gasteiger partial charge on any atom is 0.319 e. The molecule has 0 saturated heterocycles. The lowest BCUT2D eigenvalue weighted by atomic mass is 10.1. The first-order valence-corrected chi connectivity index (χ1v) is 9.56. The molecule has 3 rings (SSSR count). The lowest BCUT2D eigenvalue weighted by Gasteiger charge is -2.09. The van der Waals surface area contributed by atoms with Crippen LogP contribution < -0.4 is 24.8 Å². The highest BCUT2D eigenvalue weighted by atomic mass is 16.5. The standard InChI is InChI=1S/C22H24N4O4/c1-3-29-18-9-7-16(8-10-18)20-11-12-21(26-25-20)30-14-13-23-22(27)24-17-5-4-6-19(15-17)28-2/h4-12,15H,3,13-14H2,1-2H3,(H2,23,24,27). The van der Waals surface area contributed by atoms with Crippen molar-refractivity contribution in [3.8, 4) is 28.6 Å². The normalized spacial score (nSPS) is 10.2. The van der Waals surface area contributed by atoms with Crippen molar-refractivity contribution >= 4 is 11.7 Å². The summed E-state index contributed by atoms with van der Waals surface area (Å²) in [4.78, 5) is 11.9. The van der Waals surface area contributed by atoms with Gasteiger partial charge < -0.3 is 24.8 Å². The summed E-state index contributed by atoms with van der Waals surface area (Å²) in [6.07, 6.45) is 0. The van der Waals surface area contributed by atoms with E-state index >= 15 is 0 Å². The SMILES string of the molecule is CCOc1ccc(-c2ccc(OCCNC(=O)Nc3cccc(OC)c3)nn2)cc1. The Morgan fingerprint density at radius 3 is 2.50 bits per heavy atom. The van der Waals surface area contributed by atoms with Crippen molar-refractivity contribution in [3.63, 3.8) is 0 Å². The van der Waals surface area contributed by atoms with Crippen molar-refractivity contribution in [1.82, 2.24) is 15.5 Å². The Bertz CT molecular complexity index is 946. The Balaban J connectivity index is 1.42. The Labute approximate surface area is 175 Å². The summed E-state index contributed by atoms with van der Waals surface area (Å²) in [6, 6.07) is 18.0. The predicted octanol–water partition coefficient (Wildman–Crippen LogP) is 3.75. The fourth-order valence-electron chi connectivity index (χ4n) is 2.64. The number of hydrogen-bond donors (Lipinski definition) is 2. The molecular formula is C22H24N4O4. The van der Waals surface area contributed by atoms with Crippen molar-refractivity contribution in [3.05, 3.63) is 60.7 Å². The van der Waals surface area contributed by atoms with E-state index in [4.69, 9.17) is 14.2 Å². The van der Waals surface area contributed by atoms with Crippen LogP contribution in [0.2, 0.25) is 0 Å². The van der Waals surface area contributed by atoms with Gasteiger partial charge in [-0.15, -0.1) is 10.2 Å². The Kier molecular flexibility index (Phi) is 7.43. The van der Waals surface area contributed by atoms with Crippen LogP contribution in [0.1, 0.15) is 6.92 Å². The number of anilines is 1. The number of rotatable bonds is 9. The number of carbonyl (C=O) groups excluding carboxylic acids is 1. The van der Waals surface area contributed by atoms with Crippen LogP contribution in [0, 0.1) is 0 Å². The molecule has 0 spiro atoms. The van der Waals surface area contributed by atoms with E-state index in [0.29, 0.717) is 30.5 Å². The van der Waals surface area contributed by atoms with Gasteiger partial charge in [-0.2, -0.15) is 0 Å². The number of nitrogens with one attached hydrogen (secondary N) is 2. The molecule has 30 heavy (non-hydrogen) atoms. The summed E-state index contributed by atoms with van der Waals surface area (Å²) < 4.78 is 16.1. The van der Waals surface area contributed by atoms with Crippen LogP contribution in [0.25, 0.3) is 11.3 Å². The number of nitrogens with zero attached hydrogens (tertiary/aromatic N) is 2. The van der Waals surface area contributed by atoms with Crippen LogP contribution in [0.4, 0.5) is 10.5 Å². The van der Waals surface area contributed by atoms with Crippen LogP contribution >= 0.6 is 0 Å². The molecule has 2 amide bonds. The molecule has 0 aliphatic heterocycles. The third-order valence-electron chi connectivity index (χ3n) is 4.07. The van der Waals surface area contributed by atoms with Crippen LogP contribution in [-0.2, 0) is 0 Å². The van der Waals surface area contributed by atoms with Crippen LogP contribution in [-0.4, -0.2) is 43.1 Å². The maximum absolute atomic E-state index is 11.9. The number of methoxy groups -OCH3 is 1. The van der Waals surface area contributed by atoms with Crippen LogP contribution in [0.3, 0.4) is 0 Å². The molecule has 8 nitrogen and oxygen atoms in total. The molecule has 0 aliphatic rings. The third kappa shape index (κ3) is 6.10. The molecule has 0 aliphatic carbocycles. The van der Waals surface area contributed by atoms with Gasteiger partial charge in [0.05, 0.1) is 26.0 Å². The van der Waals surface area contributed by atoms with Crippen molar-refractivity contribution < 1.29 is 19.0 Å². The Morgan fingerprint density at radius 2 is 1.80 bits per heavy atom. The minimum Gasteiger partial charge on any atom is -0.497 e. The summed E-state index contributed by atoms with van der Waals surface area (Å²) in [5.41, 5.74) is 2.32. The van der Waals surface area contributed by atoms with E-state index in [-0.39, 0.29) is 12.6 Å². The number of urea groups is 1. The predicted molar refractivity (Wildman–Crippen MR) is 114 cm³/mol.